The molecule has 0 saturated carbocycles. The number of pyridine rings is 1. The largest absolute Gasteiger partial charge is 0.353 e. The van der Waals surface area contributed by atoms with E-state index >= 15 is 0 Å². The lowest BCUT2D eigenvalue weighted by Gasteiger charge is -2.07. The molecule has 1 N–H and O–H groups in total. The van der Waals surface area contributed by atoms with Crippen LogP contribution in [0.3, 0.4) is 0 Å². The van der Waals surface area contributed by atoms with Crippen LogP contribution >= 0.6 is 11.8 Å². The number of hydrogen-bond acceptors (Lipinski definition) is 4. The van der Waals surface area contributed by atoms with Gasteiger partial charge in [-0.15, -0.1) is 5.10 Å². The summed E-state index contributed by atoms with van der Waals surface area (Å²) in [4.78, 5) is 4.24. The summed E-state index contributed by atoms with van der Waals surface area (Å²) in [5, 5.41) is 7.89. The molecule has 2 rings (SSSR count). The number of anilines is 1. The first-order valence-electron chi connectivity index (χ1n) is 5.47. The number of aromatic nitrogens is 3. The number of nitrogens with zero attached hydrogens (tertiary/aromatic N) is 3. The highest BCUT2D eigenvalue weighted by molar-refractivity contribution is 7.99. The highest BCUT2D eigenvalue weighted by atomic mass is 32.2. The molecule has 1 atom stereocenters. The van der Waals surface area contributed by atoms with Gasteiger partial charge < -0.3 is 5.32 Å². The van der Waals surface area contributed by atoms with Gasteiger partial charge >= 0.3 is 0 Å². The molecule has 0 spiro atoms. The van der Waals surface area contributed by atoms with Crippen molar-refractivity contribution in [2.45, 2.75) is 18.6 Å². The van der Waals surface area contributed by atoms with E-state index in [9.17, 15) is 4.39 Å². The minimum Gasteiger partial charge on any atom is -0.353 e. The fourth-order valence-corrected chi connectivity index (χ4v) is 1.79. The number of fused-ring (bicyclic) bond motifs is 1. The van der Waals surface area contributed by atoms with Crippen molar-refractivity contribution >= 4 is 23.4 Å². The first kappa shape index (κ1) is 12.2. The third kappa shape index (κ3) is 3.09. The predicted octanol–water partition coefficient (Wildman–Crippen LogP) is 2.42. The molecule has 0 bridgehead atoms. The van der Waals surface area contributed by atoms with Gasteiger partial charge in [0.05, 0.1) is 6.20 Å². The third-order valence-corrected chi connectivity index (χ3v) is 3.57. The van der Waals surface area contributed by atoms with Crippen LogP contribution in [0.4, 0.5) is 10.3 Å². The van der Waals surface area contributed by atoms with Crippen molar-refractivity contribution in [3.8, 4) is 0 Å². The molecular formula is C11H15FN4S. The summed E-state index contributed by atoms with van der Waals surface area (Å²) < 4.78 is 14.4. The molecule has 6 heteroatoms. The number of hydrogen-bond donors (Lipinski definition) is 1. The van der Waals surface area contributed by atoms with E-state index in [1.807, 2.05) is 11.8 Å². The Balaban J connectivity index is 1.99. The van der Waals surface area contributed by atoms with Crippen LogP contribution in [0.1, 0.15) is 13.3 Å². The topological polar surface area (TPSA) is 42.2 Å². The van der Waals surface area contributed by atoms with Gasteiger partial charge in [-0.2, -0.15) is 16.7 Å². The fraction of sp³-hybridized carbons (Fsp3) is 0.455. The Labute approximate surface area is 104 Å². The second-order valence-electron chi connectivity index (χ2n) is 3.85. The molecule has 0 aliphatic carbocycles. The van der Waals surface area contributed by atoms with Crippen LogP contribution in [-0.2, 0) is 0 Å². The third-order valence-electron chi connectivity index (χ3n) is 2.53. The molecule has 0 aliphatic rings. The molecule has 2 heterocycles. The van der Waals surface area contributed by atoms with Crippen molar-refractivity contribution in [1.82, 2.24) is 14.6 Å². The Hall–Kier alpha value is -1.30. The molecule has 2 aromatic heterocycles. The quantitative estimate of drug-likeness (QED) is 0.889. The van der Waals surface area contributed by atoms with Gasteiger partial charge in [0.15, 0.2) is 5.65 Å². The Bertz CT molecular complexity index is 499. The molecule has 1 unspecified atom stereocenters. The zero-order valence-corrected chi connectivity index (χ0v) is 10.7. The van der Waals surface area contributed by atoms with Crippen LogP contribution in [0.5, 0.6) is 0 Å². The van der Waals surface area contributed by atoms with Gasteiger partial charge in [-0.1, -0.05) is 6.92 Å². The normalized spacial score (nSPS) is 12.9. The van der Waals surface area contributed by atoms with E-state index in [2.05, 4.69) is 28.6 Å². The summed E-state index contributed by atoms with van der Waals surface area (Å²) in [6.45, 7) is 3.00. The number of nitrogens with one attached hydrogen (secondary N) is 1. The summed E-state index contributed by atoms with van der Waals surface area (Å²) in [7, 11) is 0. The van der Waals surface area contributed by atoms with E-state index in [-0.39, 0.29) is 5.82 Å². The molecule has 0 fully saturated rings. The fourth-order valence-electron chi connectivity index (χ4n) is 1.44. The van der Waals surface area contributed by atoms with E-state index < -0.39 is 0 Å². The van der Waals surface area contributed by atoms with E-state index in [4.69, 9.17) is 0 Å². The van der Waals surface area contributed by atoms with Gasteiger partial charge in [0, 0.05) is 11.8 Å². The zero-order valence-electron chi connectivity index (χ0n) is 9.85. The number of thioether (sulfide) groups is 1. The number of halogens is 1. The Kier molecular flexibility index (Phi) is 3.83. The first-order chi connectivity index (χ1) is 8.19. The molecule has 0 radical (unpaired) electrons. The summed E-state index contributed by atoms with van der Waals surface area (Å²) in [5.41, 5.74) is 0.645. The van der Waals surface area contributed by atoms with Gasteiger partial charge in [-0.3, -0.25) is 0 Å². The Morgan fingerprint density at radius 2 is 2.35 bits per heavy atom. The maximum Gasteiger partial charge on any atom is 0.243 e. The first-order valence-corrected chi connectivity index (χ1v) is 6.76. The maximum atomic E-state index is 12.9. The van der Waals surface area contributed by atoms with E-state index in [0.29, 0.717) is 16.8 Å². The van der Waals surface area contributed by atoms with Crippen molar-refractivity contribution in [3.63, 3.8) is 0 Å². The molecule has 0 saturated heterocycles. The van der Waals surface area contributed by atoms with Gasteiger partial charge in [-0.05, 0) is 24.8 Å². The van der Waals surface area contributed by atoms with Gasteiger partial charge in [-0.25, -0.2) is 8.91 Å². The maximum absolute atomic E-state index is 12.9. The van der Waals surface area contributed by atoms with Gasteiger partial charge in [0.2, 0.25) is 5.95 Å². The van der Waals surface area contributed by atoms with Crippen LogP contribution in [0.2, 0.25) is 0 Å². The predicted molar refractivity (Wildman–Crippen MR) is 69.0 cm³/mol. The average Bonchev–Trinajstić information content (AvgIpc) is 2.70. The molecule has 0 amide bonds. The van der Waals surface area contributed by atoms with Crippen molar-refractivity contribution in [1.29, 1.82) is 0 Å². The summed E-state index contributed by atoms with van der Waals surface area (Å²) in [5.74, 6) is 0.230. The van der Waals surface area contributed by atoms with Crippen molar-refractivity contribution in [3.05, 3.63) is 24.1 Å². The summed E-state index contributed by atoms with van der Waals surface area (Å²) in [6, 6.07) is 2.99. The zero-order chi connectivity index (χ0) is 12.3. The van der Waals surface area contributed by atoms with Crippen molar-refractivity contribution in [2.75, 3.05) is 18.1 Å². The summed E-state index contributed by atoms with van der Waals surface area (Å²) >= 11 is 1.83. The van der Waals surface area contributed by atoms with Gasteiger partial charge in [0.25, 0.3) is 0 Å². The average molecular weight is 254 g/mol. The van der Waals surface area contributed by atoms with E-state index in [0.717, 1.165) is 13.0 Å². The van der Waals surface area contributed by atoms with Crippen LogP contribution in [0, 0.1) is 5.82 Å². The highest BCUT2D eigenvalue weighted by Gasteiger charge is 2.04. The standard InChI is InChI=1S/C11H15FN4S/c1-8(17-2)5-6-13-11-14-10-4-3-9(12)7-16(10)15-11/h3-4,7-8H,5-6H2,1-2H3,(H,13,15). The molecule has 17 heavy (non-hydrogen) atoms. The smallest absolute Gasteiger partial charge is 0.243 e. The Morgan fingerprint density at radius 3 is 3.12 bits per heavy atom. The van der Waals surface area contributed by atoms with Crippen LogP contribution < -0.4 is 5.32 Å². The Morgan fingerprint density at radius 1 is 1.53 bits per heavy atom. The van der Waals surface area contributed by atoms with Crippen LogP contribution in [0.15, 0.2) is 18.3 Å². The lowest BCUT2D eigenvalue weighted by Crippen LogP contribution is -2.08. The van der Waals surface area contributed by atoms with Crippen LogP contribution in [0.25, 0.3) is 5.65 Å². The summed E-state index contributed by atoms with van der Waals surface area (Å²) in [6.07, 6.45) is 4.46. The monoisotopic (exact) mass is 254 g/mol. The van der Waals surface area contributed by atoms with Gasteiger partial charge in [0.1, 0.15) is 5.82 Å². The van der Waals surface area contributed by atoms with E-state index in [1.165, 1.54) is 16.8 Å². The molecule has 0 aromatic carbocycles. The lowest BCUT2D eigenvalue weighted by atomic mass is 10.3. The van der Waals surface area contributed by atoms with E-state index in [1.54, 1.807) is 6.07 Å². The molecule has 0 aliphatic heterocycles. The van der Waals surface area contributed by atoms with Crippen molar-refractivity contribution < 1.29 is 4.39 Å². The minimum atomic E-state index is -0.315. The second kappa shape index (κ2) is 5.35. The molecule has 2 aromatic rings. The number of rotatable bonds is 5. The second-order valence-corrected chi connectivity index (χ2v) is 5.12. The molecular weight excluding hydrogens is 239 g/mol. The van der Waals surface area contributed by atoms with Crippen LogP contribution in [-0.4, -0.2) is 32.6 Å². The lowest BCUT2D eigenvalue weighted by molar-refractivity contribution is 0.615. The molecule has 4 nitrogen and oxygen atoms in total. The molecule has 92 valence electrons. The highest BCUT2D eigenvalue weighted by Crippen LogP contribution is 2.10. The van der Waals surface area contributed by atoms with Crippen molar-refractivity contribution in [2.24, 2.45) is 0 Å². The minimum absolute atomic E-state index is 0.315. The SMILES string of the molecule is CSC(C)CCNc1nc2ccc(F)cn2n1.